The van der Waals surface area contributed by atoms with Gasteiger partial charge in [-0.2, -0.15) is 0 Å². The minimum atomic E-state index is -0.816. The fourth-order valence-corrected chi connectivity index (χ4v) is 8.36. The van der Waals surface area contributed by atoms with Crippen LogP contribution in [0.2, 0.25) is 0 Å². The first kappa shape index (κ1) is 70.1. The molecule has 422 valence electrons. The van der Waals surface area contributed by atoms with Crippen molar-refractivity contribution in [1.82, 2.24) is 0 Å². The monoisotopic (exact) mass is 1030 g/mol. The van der Waals surface area contributed by atoms with Gasteiger partial charge in [-0.15, -0.1) is 0 Å². The summed E-state index contributed by atoms with van der Waals surface area (Å²) in [6.07, 6.45) is 84.0. The molecule has 0 aromatic carbocycles. The molecule has 6 heteroatoms. The molecule has 1 unspecified atom stereocenters. The molecule has 0 N–H and O–H groups in total. The molecule has 0 bridgehead atoms. The van der Waals surface area contributed by atoms with E-state index in [1.54, 1.807) is 0 Å². The number of ether oxygens (including phenoxy) is 3. The van der Waals surface area contributed by atoms with E-state index in [2.05, 4.69) is 124 Å². The Balaban J connectivity index is 4.27. The summed E-state index contributed by atoms with van der Waals surface area (Å²) in [6.45, 7) is 6.40. The van der Waals surface area contributed by atoms with Crippen LogP contribution in [0, 0.1) is 0 Å². The molecule has 0 spiro atoms. The van der Waals surface area contributed by atoms with Crippen molar-refractivity contribution >= 4 is 17.9 Å². The lowest BCUT2D eigenvalue weighted by atomic mass is 10.0. The normalized spacial score (nSPS) is 12.9. The van der Waals surface area contributed by atoms with Gasteiger partial charge in [-0.1, -0.05) is 265 Å². The van der Waals surface area contributed by atoms with Crippen LogP contribution < -0.4 is 0 Å². The molecule has 0 amide bonds. The zero-order chi connectivity index (χ0) is 53.6. The first-order valence-corrected chi connectivity index (χ1v) is 30.9. The maximum absolute atomic E-state index is 12.8. The number of unbranched alkanes of at least 4 members (excludes halogenated alkanes) is 26. The highest BCUT2D eigenvalue weighted by Crippen LogP contribution is 2.15. The first-order chi connectivity index (χ1) is 36.5. The van der Waals surface area contributed by atoms with Crippen molar-refractivity contribution in [3.8, 4) is 0 Å². The third-order valence-electron chi connectivity index (χ3n) is 13.0. The van der Waals surface area contributed by atoms with Gasteiger partial charge in [0.2, 0.25) is 0 Å². The second kappa shape index (κ2) is 61.6. The largest absolute Gasteiger partial charge is 0.462 e. The zero-order valence-electron chi connectivity index (χ0n) is 48.3. The Hall–Kier alpha value is -3.93. The van der Waals surface area contributed by atoms with Crippen molar-refractivity contribution in [3.05, 3.63) is 109 Å². The van der Waals surface area contributed by atoms with E-state index in [1.807, 2.05) is 6.08 Å². The Labute approximate surface area is 457 Å². The van der Waals surface area contributed by atoms with E-state index in [0.717, 1.165) is 103 Å². The van der Waals surface area contributed by atoms with Gasteiger partial charge in [-0.05, 0) is 109 Å². The predicted octanol–water partition coefficient (Wildman–Crippen LogP) is 21.0. The van der Waals surface area contributed by atoms with Crippen LogP contribution in [-0.2, 0) is 28.6 Å². The van der Waals surface area contributed by atoms with E-state index in [4.69, 9.17) is 14.2 Å². The number of allylic oxidation sites excluding steroid dienone is 18. The summed E-state index contributed by atoms with van der Waals surface area (Å²) >= 11 is 0. The molecule has 0 rings (SSSR count). The Bertz CT molecular complexity index is 1510. The topological polar surface area (TPSA) is 78.9 Å². The molecule has 0 fully saturated rings. The second-order valence-electron chi connectivity index (χ2n) is 20.2. The molecule has 0 aromatic rings. The van der Waals surface area contributed by atoms with Gasteiger partial charge < -0.3 is 14.2 Å². The molecule has 1 atom stereocenters. The van der Waals surface area contributed by atoms with E-state index in [9.17, 15) is 14.4 Å². The van der Waals surface area contributed by atoms with Crippen molar-refractivity contribution in [3.63, 3.8) is 0 Å². The zero-order valence-corrected chi connectivity index (χ0v) is 48.3. The lowest BCUT2D eigenvalue weighted by Crippen LogP contribution is -2.30. The highest BCUT2D eigenvalue weighted by molar-refractivity contribution is 5.71. The highest BCUT2D eigenvalue weighted by Gasteiger charge is 2.19. The molecule has 0 aliphatic rings. The molecular formula is C68H114O6. The maximum atomic E-state index is 12.8. The molecule has 0 aliphatic carbocycles. The average molecular weight is 1030 g/mol. The molecule has 74 heavy (non-hydrogen) atoms. The molecule has 0 aliphatic heterocycles. The van der Waals surface area contributed by atoms with Crippen LogP contribution in [0.25, 0.3) is 0 Å². The van der Waals surface area contributed by atoms with E-state index in [-0.39, 0.29) is 37.5 Å². The van der Waals surface area contributed by atoms with Gasteiger partial charge in [0.15, 0.2) is 6.10 Å². The summed E-state index contributed by atoms with van der Waals surface area (Å²) in [7, 11) is 0. The molecule has 0 radical (unpaired) electrons. The first-order valence-electron chi connectivity index (χ1n) is 30.9. The van der Waals surface area contributed by atoms with Crippen molar-refractivity contribution in [2.24, 2.45) is 0 Å². The van der Waals surface area contributed by atoms with E-state index in [1.165, 1.54) is 135 Å². The third kappa shape index (κ3) is 59.0. The van der Waals surface area contributed by atoms with Crippen molar-refractivity contribution in [2.75, 3.05) is 13.2 Å². The molecular weight excluding hydrogens is 913 g/mol. The lowest BCUT2D eigenvalue weighted by molar-refractivity contribution is -0.166. The fraction of sp³-hybridized carbons (Fsp3) is 0.691. The summed E-state index contributed by atoms with van der Waals surface area (Å²) in [6, 6.07) is 0. The maximum Gasteiger partial charge on any atom is 0.306 e. The van der Waals surface area contributed by atoms with Crippen LogP contribution in [0.4, 0.5) is 0 Å². The van der Waals surface area contributed by atoms with E-state index >= 15 is 0 Å². The van der Waals surface area contributed by atoms with Crippen molar-refractivity contribution in [2.45, 2.75) is 290 Å². The van der Waals surface area contributed by atoms with Gasteiger partial charge in [0, 0.05) is 19.3 Å². The number of rotatable bonds is 55. The quantitative estimate of drug-likeness (QED) is 0.0261. The minimum Gasteiger partial charge on any atom is -0.462 e. The van der Waals surface area contributed by atoms with Crippen LogP contribution in [0.1, 0.15) is 284 Å². The van der Waals surface area contributed by atoms with Crippen LogP contribution in [-0.4, -0.2) is 37.2 Å². The average Bonchev–Trinajstić information content (AvgIpc) is 3.40. The molecule has 0 saturated carbocycles. The summed E-state index contributed by atoms with van der Waals surface area (Å²) in [4.78, 5) is 38.1. The Kier molecular flexibility index (Phi) is 58.3. The van der Waals surface area contributed by atoms with Gasteiger partial charge in [0.1, 0.15) is 13.2 Å². The molecule has 0 aromatic heterocycles. The summed E-state index contributed by atoms with van der Waals surface area (Å²) in [5.41, 5.74) is 0. The third-order valence-corrected chi connectivity index (χ3v) is 13.0. The van der Waals surface area contributed by atoms with Crippen LogP contribution >= 0.6 is 0 Å². The van der Waals surface area contributed by atoms with Gasteiger partial charge in [0.05, 0.1) is 0 Å². The number of esters is 3. The Morgan fingerprint density at radius 1 is 0.284 bits per heavy atom. The van der Waals surface area contributed by atoms with Gasteiger partial charge in [0.25, 0.3) is 0 Å². The predicted molar refractivity (Wildman–Crippen MR) is 320 cm³/mol. The number of carbonyl (C=O) groups is 3. The molecule has 6 nitrogen and oxygen atoms in total. The van der Waals surface area contributed by atoms with Crippen LogP contribution in [0.5, 0.6) is 0 Å². The van der Waals surface area contributed by atoms with E-state index in [0.29, 0.717) is 19.3 Å². The van der Waals surface area contributed by atoms with E-state index < -0.39 is 6.10 Å². The fourth-order valence-electron chi connectivity index (χ4n) is 8.36. The lowest BCUT2D eigenvalue weighted by Gasteiger charge is -2.18. The minimum absolute atomic E-state index is 0.106. The summed E-state index contributed by atoms with van der Waals surface area (Å²) < 4.78 is 16.8. The SMILES string of the molecule is CC/C=C\C/C=C\C/C=C\C/C=C\CCC(=O)OCC(COC(=O)CCCCCCCCCCCCCCCC/C=C\C/C=C\C/C=C\CCCCCCC)OC(=O)CCCCCCC/C=C\C/C=C\CCCC. The van der Waals surface area contributed by atoms with Crippen LogP contribution in [0.15, 0.2) is 109 Å². The van der Waals surface area contributed by atoms with Gasteiger partial charge in [-0.25, -0.2) is 0 Å². The van der Waals surface area contributed by atoms with Gasteiger partial charge >= 0.3 is 17.9 Å². The molecule has 0 heterocycles. The molecule has 0 saturated heterocycles. The van der Waals surface area contributed by atoms with Gasteiger partial charge in [-0.3, -0.25) is 14.4 Å². The second-order valence-corrected chi connectivity index (χ2v) is 20.2. The number of hydrogen-bond acceptors (Lipinski definition) is 6. The smallest absolute Gasteiger partial charge is 0.306 e. The number of hydrogen-bond donors (Lipinski definition) is 0. The Morgan fingerprint density at radius 2 is 0.568 bits per heavy atom. The highest BCUT2D eigenvalue weighted by atomic mass is 16.6. The summed E-state index contributed by atoms with van der Waals surface area (Å²) in [5.74, 6) is -1.00. The number of carbonyl (C=O) groups excluding carboxylic acids is 3. The van der Waals surface area contributed by atoms with Crippen molar-refractivity contribution < 1.29 is 28.6 Å². The summed E-state index contributed by atoms with van der Waals surface area (Å²) in [5, 5.41) is 0. The Morgan fingerprint density at radius 3 is 0.946 bits per heavy atom. The van der Waals surface area contributed by atoms with Crippen molar-refractivity contribution in [1.29, 1.82) is 0 Å². The standard InChI is InChI=1S/C68H114O6/c1-4-7-10-13-16-19-22-25-27-28-29-30-31-32-33-34-35-36-37-38-39-40-41-44-46-49-52-55-58-61-67(70)73-64-65(63-72-66(69)60-57-54-51-48-45-42-24-21-18-15-12-9-6-3)74-68(71)62-59-56-53-50-47-43-26-23-20-17-14-11-8-5-2/h9,12,14,17-18,21-23,25-26,28-29,31-32,42,45,51,54,65H,4-8,10-11,13,15-16,19-20,24,27,30,33-41,43-44,46-50,52-53,55-64H2,1-3H3/b12-9-,17-14-,21-18-,25-22-,26-23-,29-28-,32-31-,45-42-,54-51-. The van der Waals surface area contributed by atoms with Crippen LogP contribution in [0.3, 0.4) is 0 Å².